The van der Waals surface area contributed by atoms with Gasteiger partial charge in [-0.15, -0.1) is 0 Å². The van der Waals surface area contributed by atoms with E-state index in [4.69, 9.17) is 25.4 Å². The highest BCUT2D eigenvalue weighted by molar-refractivity contribution is 5.77. The fourth-order valence-electron chi connectivity index (χ4n) is 1.72. The number of aliphatic hydroxyl groups is 2. The molecule has 0 aliphatic rings. The maximum atomic E-state index is 9.00. The Morgan fingerprint density at radius 2 is 2.00 bits per heavy atom. The van der Waals surface area contributed by atoms with Gasteiger partial charge in [0.15, 0.2) is 11.2 Å². The Labute approximate surface area is 127 Å². The fourth-order valence-corrected chi connectivity index (χ4v) is 1.72. The van der Waals surface area contributed by atoms with Gasteiger partial charge in [-0.2, -0.15) is 9.97 Å². The van der Waals surface area contributed by atoms with Gasteiger partial charge in [0.05, 0.1) is 26.1 Å². The number of aromatic nitrogens is 4. The Kier molecular flexibility index (Phi) is 5.47. The van der Waals surface area contributed by atoms with Gasteiger partial charge >= 0.3 is 0 Å². The van der Waals surface area contributed by atoms with Crippen molar-refractivity contribution in [3.05, 3.63) is 6.33 Å². The molecule has 0 radical (unpaired) electrons. The van der Waals surface area contributed by atoms with E-state index in [0.29, 0.717) is 29.6 Å². The van der Waals surface area contributed by atoms with Crippen LogP contribution in [0.2, 0.25) is 0 Å². The van der Waals surface area contributed by atoms with E-state index in [0.717, 1.165) is 0 Å². The van der Waals surface area contributed by atoms with E-state index in [9.17, 15) is 0 Å². The molecule has 2 heterocycles. The third-order valence-corrected chi connectivity index (χ3v) is 2.86. The second-order valence-corrected chi connectivity index (χ2v) is 5.26. The minimum absolute atomic E-state index is 0.0718. The molecule has 122 valence electrons. The van der Waals surface area contributed by atoms with Crippen molar-refractivity contribution in [1.29, 1.82) is 0 Å². The first kappa shape index (κ1) is 16.4. The second kappa shape index (κ2) is 7.34. The van der Waals surface area contributed by atoms with E-state index >= 15 is 0 Å². The van der Waals surface area contributed by atoms with Crippen LogP contribution >= 0.6 is 0 Å². The van der Waals surface area contributed by atoms with E-state index in [1.54, 1.807) is 4.57 Å². The van der Waals surface area contributed by atoms with E-state index in [-0.39, 0.29) is 25.9 Å². The number of nitrogen functional groups attached to an aromatic ring is 1. The lowest BCUT2D eigenvalue weighted by atomic mass is 10.2. The number of rotatable bonds is 8. The number of ether oxygens (including phenoxy) is 2. The van der Waals surface area contributed by atoms with Crippen molar-refractivity contribution in [2.24, 2.45) is 5.92 Å². The Balaban J connectivity index is 2.23. The molecule has 0 atom stereocenters. The van der Waals surface area contributed by atoms with Crippen molar-refractivity contribution >= 4 is 17.1 Å². The van der Waals surface area contributed by atoms with Crippen LogP contribution < -0.4 is 10.5 Å². The average Bonchev–Trinajstić information content (AvgIpc) is 2.89. The largest absolute Gasteiger partial charge is 0.476 e. The lowest BCUT2D eigenvalue weighted by molar-refractivity contribution is -0.0488. The molecule has 9 nitrogen and oxygen atoms in total. The smallest absolute Gasteiger partial charge is 0.247 e. The van der Waals surface area contributed by atoms with E-state index in [1.807, 2.05) is 13.8 Å². The van der Waals surface area contributed by atoms with Crippen molar-refractivity contribution in [1.82, 2.24) is 19.5 Å². The normalized spacial score (nSPS) is 11.7. The third kappa shape index (κ3) is 3.81. The van der Waals surface area contributed by atoms with Crippen molar-refractivity contribution in [2.75, 3.05) is 25.6 Å². The highest BCUT2D eigenvalue weighted by atomic mass is 16.5. The third-order valence-electron chi connectivity index (χ3n) is 2.86. The Morgan fingerprint density at radius 1 is 1.27 bits per heavy atom. The zero-order valence-corrected chi connectivity index (χ0v) is 12.6. The number of fused-ring (bicyclic) bond motifs is 1. The summed E-state index contributed by atoms with van der Waals surface area (Å²) < 4.78 is 12.6. The number of nitrogens with two attached hydrogens (primary N) is 1. The maximum absolute atomic E-state index is 9.00. The number of hydrogen-bond donors (Lipinski definition) is 3. The summed E-state index contributed by atoms with van der Waals surface area (Å²) in [6.07, 6.45) is 0.862. The highest BCUT2D eigenvalue weighted by Crippen LogP contribution is 2.22. The van der Waals surface area contributed by atoms with Crippen LogP contribution in [0.3, 0.4) is 0 Å². The molecular formula is C13H21N5O4. The van der Waals surface area contributed by atoms with Gasteiger partial charge in [-0.1, -0.05) is 13.8 Å². The molecule has 0 spiro atoms. The van der Waals surface area contributed by atoms with E-state index < -0.39 is 6.10 Å². The van der Waals surface area contributed by atoms with Crippen LogP contribution in [0.4, 0.5) is 5.95 Å². The minimum atomic E-state index is -0.659. The van der Waals surface area contributed by atoms with Gasteiger partial charge in [0.1, 0.15) is 12.8 Å². The number of anilines is 1. The Hall–Kier alpha value is -1.97. The molecule has 4 N–H and O–H groups in total. The molecule has 0 aromatic carbocycles. The minimum Gasteiger partial charge on any atom is -0.476 e. The van der Waals surface area contributed by atoms with Crippen LogP contribution in [0.5, 0.6) is 5.88 Å². The molecule has 9 heteroatoms. The number of aliphatic hydroxyl groups excluding tert-OH is 2. The average molecular weight is 311 g/mol. The van der Waals surface area contributed by atoms with Gasteiger partial charge in [0.25, 0.3) is 0 Å². The number of hydrogen-bond acceptors (Lipinski definition) is 8. The van der Waals surface area contributed by atoms with Crippen LogP contribution in [0, 0.1) is 5.92 Å². The number of imidazole rings is 1. The van der Waals surface area contributed by atoms with Gasteiger partial charge < -0.3 is 25.4 Å². The molecule has 0 bridgehead atoms. The summed E-state index contributed by atoms with van der Waals surface area (Å²) >= 11 is 0. The van der Waals surface area contributed by atoms with E-state index in [1.165, 1.54) is 6.33 Å². The highest BCUT2D eigenvalue weighted by Gasteiger charge is 2.15. The van der Waals surface area contributed by atoms with Crippen molar-refractivity contribution in [2.45, 2.75) is 26.7 Å². The molecule has 0 amide bonds. The van der Waals surface area contributed by atoms with Crippen LogP contribution in [0.15, 0.2) is 6.33 Å². The summed E-state index contributed by atoms with van der Waals surface area (Å²) in [5.41, 5.74) is 6.67. The molecule has 2 rings (SSSR count). The van der Waals surface area contributed by atoms with Crippen LogP contribution in [-0.4, -0.2) is 55.7 Å². The summed E-state index contributed by atoms with van der Waals surface area (Å²) in [6.45, 7) is 4.07. The fraction of sp³-hybridized carbons (Fsp3) is 0.615. The zero-order valence-electron chi connectivity index (χ0n) is 12.6. The lowest BCUT2D eigenvalue weighted by Gasteiger charge is -2.13. The summed E-state index contributed by atoms with van der Waals surface area (Å²) in [6, 6.07) is 0. The lowest BCUT2D eigenvalue weighted by Crippen LogP contribution is -2.23. The maximum Gasteiger partial charge on any atom is 0.247 e. The summed E-state index contributed by atoms with van der Waals surface area (Å²) in [5, 5.41) is 18.0. The van der Waals surface area contributed by atoms with Gasteiger partial charge in [-0.3, -0.25) is 4.57 Å². The summed E-state index contributed by atoms with van der Waals surface area (Å²) in [4.78, 5) is 12.4. The molecule has 0 saturated carbocycles. The molecule has 0 saturated heterocycles. The van der Waals surface area contributed by atoms with Crippen LogP contribution in [-0.2, 0) is 11.5 Å². The zero-order chi connectivity index (χ0) is 16.1. The van der Waals surface area contributed by atoms with E-state index in [2.05, 4.69) is 15.0 Å². The first-order valence-corrected chi connectivity index (χ1v) is 6.99. The predicted molar refractivity (Wildman–Crippen MR) is 79.1 cm³/mol. The Morgan fingerprint density at radius 3 is 2.64 bits per heavy atom. The van der Waals surface area contributed by atoms with Gasteiger partial charge in [0, 0.05) is 0 Å². The molecule has 22 heavy (non-hydrogen) atoms. The van der Waals surface area contributed by atoms with Gasteiger partial charge in [0.2, 0.25) is 11.8 Å². The topological polar surface area (TPSA) is 129 Å². The van der Waals surface area contributed by atoms with Crippen LogP contribution in [0.1, 0.15) is 13.8 Å². The quantitative estimate of drug-likeness (QED) is 0.610. The molecule has 2 aromatic heterocycles. The van der Waals surface area contributed by atoms with Gasteiger partial charge in [-0.05, 0) is 5.92 Å². The molecule has 0 aliphatic heterocycles. The number of nitrogens with zero attached hydrogens (tertiary/aromatic N) is 4. The van der Waals surface area contributed by atoms with Crippen molar-refractivity contribution in [3.8, 4) is 5.88 Å². The van der Waals surface area contributed by atoms with Crippen LogP contribution in [0.25, 0.3) is 11.2 Å². The summed E-state index contributed by atoms with van der Waals surface area (Å²) in [5.74, 6) is 0.746. The monoisotopic (exact) mass is 311 g/mol. The standard InChI is InChI=1S/C13H21N5O4/c1-8(2)5-21-12-10-11(16-13(14)17-12)18(6-15-10)7-22-9(3-19)4-20/h6,8-9,19-20H,3-5,7H2,1-2H3,(H2,14,16,17). The molecular weight excluding hydrogens is 290 g/mol. The van der Waals surface area contributed by atoms with Gasteiger partial charge in [-0.25, -0.2) is 4.98 Å². The molecule has 2 aromatic rings. The summed E-state index contributed by atoms with van der Waals surface area (Å²) in [7, 11) is 0. The first-order valence-electron chi connectivity index (χ1n) is 6.99. The SMILES string of the molecule is CC(C)COc1nc(N)nc2c1ncn2COC(CO)CO. The molecule has 0 fully saturated rings. The molecule has 0 unspecified atom stereocenters. The second-order valence-electron chi connectivity index (χ2n) is 5.26. The molecule has 0 aliphatic carbocycles. The van der Waals surface area contributed by atoms with Crippen molar-refractivity contribution < 1.29 is 19.7 Å². The predicted octanol–water partition coefficient (Wildman–Crippen LogP) is -0.229. The first-order chi connectivity index (χ1) is 10.5. The Bertz CT molecular complexity index is 612. The van der Waals surface area contributed by atoms with Crippen molar-refractivity contribution in [3.63, 3.8) is 0 Å².